The third-order valence-electron chi connectivity index (χ3n) is 2.60. The molecule has 0 aliphatic heterocycles. The zero-order valence-electron chi connectivity index (χ0n) is 10.2. The Morgan fingerprint density at radius 2 is 2.12 bits per heavy atom. The summed E-state index contributed by atoms with van der Waals surface area (Å²) in [6.45, 7) is 5.27. The van der Waals surface area contributed by atoms with Crippen molar-refractivity contribution in [2.75, 3.05) is 19.7 Å². The lowest BCUT2D eigenvalue weighted by Crippen LogP contribution is -2.14. The monoisotopic (exact) mass is 241 g/mol. The summed E-state index contributed by atoms with van der Waals surface area (Å²) in [5, 5.41) is 3.11. The van der Waals surface area contributed by atoms with Gasteiger partial charge in [-0.15, -0.1) is 11.6 Å². The molecule has 0 bridgehead atoms. The van der Waals surface area contributed by atoms with Crippen molar-refractivity contribution in [2.24, 2.45) is 0 Å². The van der Waals surface area contributed by atoms with Crippen LogP contribution in [0.15, 0.2) is 18.2 Å². The quantitative estimate of drug-likeness (QED) is 0.469. The first kappa shape index (κ1) is 13.3. The smallest absolute Gasteiger partial charge is 0.122 e. The molecule has 0 saturated heterocycles. The summed E-state index contributed by atoms with van der Waals surface area (Å²) in [7, 11) is 1.72. The normalized spacial score (nSPS) is 10.8. The van der Waals surface area contributed by atoms with E-state index in [1.165, 1.54) is 11.1 Å². The second-order valence-corrected chi connectivity index (χ2v) is 4.38. The fraction of sp³-hybridized carbons (Fsp3) is 0.538. The summed E-state index contributed by atoms with van der Waals surface area (Å²) in [6.07, 6.45) is 0.996. The van der Waals surface area contributed by atoms with E-state index in [0.717, 1.165) is 18.7 Å². The fourth-order valence-electron chi connectivity index (χ4n) is 1.69. The van der Waals surface area contributed by atoms with Gasteiger partial charge in [-0.05, 0) is 29.5 Å². The molecular weight excluding hydrogens is 222 g/mol. The number of benzene rings is 1. The topological polar surface area (TPSA) is 21.3 Å². The van der Waals surface area contributed by atoms with Crippen molar-refractivity contribution in [2.45, 2.75) is 26.2 Å². The van der Waals surface area contributed by atoms with Gasteiger partial charge in [0.2, 0.25) is 0 Å². The molecule has 0 spiro atoms. The lowest BCUT2D eigenvalue weighted by Gasteiger charge is -2.13. The van der Waals surface area contributed by atoms with Gasteiger partial charge in [-0.3, -0.25) is 0 Å². The molecule has 1 rings (SSSR count). The van der Waals surface area contributed by atoms with Gasteiger partial charge in [-0.25, -0.2) is 0 Å². The molecule has 0 aliphatic carbocycles. The average Bonchev–Trinajstić information content (AvgIpc) is 2.29. The largest absolute Gasteiger partial charge is 0.496 e. The Hall–Kier alpha value is -0.730. The molecule has 1 aromatic rings. The van der Waals surface area contributed by atoms with Crippen molar-refractivity contribution < 1.29 is 4.74 Å². The van der Waals surface area contributed by atoms with E-state index in [9.17, 15) is 0 Å². The third-order valence-corrected chi connectivity index (χ3v) is 2.79. The Balaban J connectivity index is 2.77. The van der Waals surface area contributed by atoms with E-state index in [0.29, 0.717) is 11.9 Å². The minimum atomic E-state index is 0.482. The molecule has 0 atom stereocenters. The summed E-state index contributed by atoms with van der Waals surface area (Å²) in [5.41, 5.74) is 2.59. The van der Waals surface area contributed by atoms with Crippen LogP contribution in [0.4, 0.5) is 0 Å². The minimum Gasteiger partial charge on any atom is -0.496 e. The Labute approximate surface area is 103 Å². The second kappa shape index (κ2) is 6.77. The maximum absolute atomic E-state index is 5.57. The summed E-state index contributed by atoms with van der Waals surface area (Å²) in [4.78, 5) is 0. The molecule has 90 valence electrons. The summed E-state index contributed by atoms with van der Waals surface area (Å²) < 4.78 is 5.35. The molecule has 3 heteroatoms. The average molecular weight is 242 g/mol. The highest BCUT2D eigenvalue weighted by Gasteiger charge is 2.07. The molecule has 0 aromatic heterocycles. The molecule has 0 amide bonds. The van der Waals surface area contributed by atoms with Gasteiger partial charge >= 0.3 is 0 Å². The van der Waals surface area contributed by atoms with Gasteiger partial charge in [0.05, 0.1) is 13.1 Å². The Bertz CT molecular complexity index is 326. The van der Waals surface area contributed by atoms with E-state index in [4.69, 9.17) is 16.3 Å². The van der Waals surface area contributed by atoms with Crippen molar-refractivity contribution in [3.63, 3.8) is 0 Å². The van der Waals surface area contributed by atoms with E-state index in [2.05, 4.69) is 31.3 Å². The number of alkyl halides is 1. The molecule has 0 aliphatic rings. The highest BCUT2D eigenvalue weighted by Crippen LogP contribution is 2.27. The molecule has 16 heavy (non-hydrogen) atoms. The van der Waals surface area contributed by atoms with E-state index in [-0.39, 0.29) is 0 Å². The number of methoxy groups -OCH3 is 1. The van der Waals surface area contributed by atoms with Gasteiger partial charge in [-0.1, -0.05) is 26.0 Å². The molecule has 1 aromatic carbocycles. The maximum Gasteiger partial charge on any atom is 0.122 e. The van der Waals surface area contributed by atoms with Crippen LogP contribution in [-0.2, 0) is 6.42 Å². The Kier molecular flexibility index (Phi) is 5.64. The van der Waals surface area contributed by atoms with E-state index in [1.807, 2.05) is 6.07 Å². The van der Waals surface area contributed by atoms with Crippen LogP contribution in [0, 0.1) is 0 Å². The van der Waals surface area contributed by atoms with E-state index < -0.39 is 0 Å². The number of hydrogen-bond donors (Lipinski definition) is 1. The SMILES string of the molecule is COc1ccc(CCNCCl)cc1C(C)C. The summed E-state index contributed by atoms with van der Waals surface area (Å²) in [6, 6.07) is 6.89. The molecule has 0 saturated carbocycles. The van der Waals surface area contributed by atoms with E-state index in [1.54, 1.807) is 7.11 Å². The zero-order chi connectivity index (χ0) is 12.0. The molecule has 0 unspecified atom stereocenters. The molecule has 0 radical (unpaired) electrons. The predicted molar refractivity (Wildman–Crippen MR) is 69.5 cm³/mol. The van der Waals surface area contributed by atoms with Gasteiger partial charge in [0.1, 0.15) is 5.75 Å². The van der Waals surface area contributed by atoms with Crippen molar-refractivity contribution in [3.8, 4) is 5.75 Å². The molecule has 0 heterocycles. The van der Waals surface area contributed by atoms with E-state index >= 15 is 0 Å². The van der Waals surface area contributed by atoms with Crippen LogP contribution in [0.3, 0.4) is 0 Å². The van der Waals surface area contributed by atoms with Gasteiger partial charge in [-0.2, -0.15) is 0 Å². The van der Waals surface area contributed by atoms with Crippen LogP contribution in [0.25, 0.3) is 0 Å². The fourth-order valence-corrected chi connectivity index (χ4v) is 1.82. The van der Waals surface area contributed by atoms with Crippen LogP contribution < -0.4 is 10.1 Å². The lowest BCUT2D eigenvalue weighted by atomic mass is 9.98. The lowest BCUT2D eigenvalue weighted by molar-refractivity contribution is 0.407. The molecular formula is C13H20ClNO. The zero-order valence-corrected chi connectivity index (χ0v) is 11.0. The molecule has 0 fully saturated rings. The van der Waals surface area contributed by atoms with Crippen molar-refractivity contribution >= 4 is 11.6 Å². The number of hydrogen-bond acceptors (Lipinski definition) is 2. The Morgan fingerprint density at radius 1 is 1.38 bits per heavy atom. The van der Waals surface area contributed by atoms with Crippen LogP contribution in [0.1, 0.15) is 30.9 Å². The minimum absolute atomic E-state index is 0.482. The van der Waals surface area contributed by atoms with Crippen LogP contribution in [-0.4, -0.2) is 19.7 Å². The Morgan fingerprint density at radius 3 is 2.69 bits per heavy atom. The van der Waals surface area contributed by atoms with Gasteiger partial charge in [0, 0.05) is 6.54 Å². The number of rotatable bonds is 6. The maximum atomic E-state index is 5.57. The van der Waals surface area contributed by atoms with Gasteiger partial charge in [0.15, 0.2) is 0 Å². The highest BCUT2D eigenvalue weighted by atomic mass is 35.5. The molecule has 1 N–H and O–H groups in total. The third kappa shape index (κ3) is 3.69. The standard InChI is InChI=1S/C13H20ClNO/c1-10(2)12-8-11(6-7-15-9-14)4-5-13(12)16-3/h4-5,8,10,15H,6-7,9H2,1-3H3. The first-order valence-corrected chi connectivity index (χ1v) is 6.16. The van der Waals surface area contributed by atoms with Crippen molar-refractivity contribution in [3.05, 3.63) is 29.3 Å². The first-order valence-electron chi connectivity index (χ1n) is 5.62. The predicted octanol–water partition coefficient (Wildman–Crippen LogP) is 3.15. The number of halogens is 1. The number of nitrogens with one attached hydrogen (secondary N) is 1. The first-order chi connectivity index (χ1) is 7.69. The van der Waals surface area contributed by atoms with Crippen molar-refractivity contribution in [1.82, 2.24) is 5.32 Å². The van der Waals surface area contributed by atoms with Crippen molar-refractivity contribution in [1.29, 1.82) is 0 Å². The number of ether oxygens (including phenoxy) is 1. The van der Waals surface area contributed by atoms with Crippen LogP contribution in [0.2, 0.25) is 0 Å². The van der Waals surface area contributed by atoms with Gasteiger partial charge < -0.3 is 10.1 Å². The highest BCUT2D eigenvalue weighted by molar-refractivity contribution is 6.17. The summed E-state index contributed by atoms with van der Waals surface area (Å²) in [5.74, 6) is 1.46. The summed E-state index contributed by atoms with van der Waals surface area (Å²) >= 11 is 5.57. The second-order valence-electron chi connectivity index (χ2n) is 4.11. The molecule has 2 nitrogen and oxygen atoms in total. The van der Waals surface area contributed by atoms with Crippen LogP contribution >= 0.6 is 11.6 Å². The van der Waals surface area contributed by atoms with Gasteiger partial charge in [0.25, 0.3) is 0 Å². The van der Waals surface area contributed by atoms with Crippen LogP contribution in [0.5, 0.6) is 5.75 Å².